The summed E-state index contributed by atoms with van der Waals surface area (Å²) in [7, 11) is 0. The van der Waals surface area contributed by atoms with E-state index in [2.05, 4.69) is 35.3 Å². The molecule has 0 aliphatic heterocycles. The first-order valence-corrected chi connectivity index (χ1v) is 7.12. The molecule has 0 spiro atoms. The van der Waals surface area contributed by atoms with Crippen molar-refractivity contribution in [3.63, 3.8) is 0 Å². The molecule has 1 aliphatic carbocycles. The molecular formula is C18H18N2. The fourth-order valence-electron chi connectivity index (χ4n) is 2.66. The predicted molar refractivity (Wildman–Crippen MR) is 79.3 cm³/mol. The molecule has 2 heteroatoms. The van der Waals surface area contributed by atoms with Gasteiger partial charge in [-0.1, -0.05) is 30.3 Å². The number of nitriles is 1. The van der Waals surface area contributed by atoms with Crippen LogP contribution in [0.3, 0.4) is 0 Å². The predicted octanol–water partition coefficient (Wildman–Crippen LogP) is 3.98. The van der Waals surface area contributed by atoms with Crippen LogP contribution in [0.4, 0.5) is 0 Å². The van der Waals surface area contributed by atoms with Crippen molar-refractivity contribution in [1.82, 2.24) is 4.98 Å². The minimum Gasteiger partial charge on any atom is -0.264 e. The second-order valence-corrected chi connectivity index (χ2v) is 5.88. The summed E-state index contributed by atoms with van der Waals surface area (Å²) >= 11 is 0. The van der Waals surface area contributed by atoms with Crippen LogP contribution in [-0.2, 0) is 11.8 Å². The highest BCUT2D eigenvalue weighted by Crippen LogP contribution is 2.40. The number of hydrogen-bond donors (Lipinski definition) is 0. The van der Waals surface area contributed by atoms with E-state index < -0.39 is 5.41 Å². The van der Waals surface area contributed by atoms with E-state index >= 15 is 0 Å². The highest BCUT2D eigenvalue weighted by Gasteiger charge is 2.28. The second-order valence-electron chi connectivity index (χ2n) is 5.88. The minimum absolute atomic E-state index is 0.495. The number of aromatic nitrogens is 1. The van der Waals surface area contributed by atoms with Gasteiger partial charge in [0.2, 0.25) is 0 Å². The zero-order chi connectivity index (χ0) is 14.0. The summed E-state index contributed by atoms with van der Waals surface area (Å²) in [5.74, 6) is 0.760. The first-order valence-electron chi connectivity index (χ1n) is 7.12. The van der Waals surface area contributed by atoms with E-state index in [0.717, 1.165) is 17.0 Å². The molecule has 2 aromatic rings. The third kappa shape index (κ3) is 2.58. The van der Waals surface area contributed by atoms with Crippen molar-refractivity contribution < 1.29 is 0 Å². The maximum atomic E-state index is 9.62. The molecule has 3 rings (SSSR count). The zero-order valence-corrected chi connectivity index (χ0v) is 11.7. The van der Waals surface area contributed by atoms with E-state index in [1.807, 2.05) is 25.3 Å². The van der Waals surface area contributed by atoms with Crippen LogP contribution in [0.1, 0.15) is 42.4 Å². The van der Waals surface area contributed by atoms with Crippen molar-refractivity contribution in [3.8, 4) is 6.07 Å². The third-order valence-electron chi connectivity index (χ3n) is 4.12. The Morgan fingerprint density at radius 2 is 2.00 bits per heavy atom. The molecule has 1 unspecified atom stereocenters. The average molecular weight is 262 g/mol. The summed E-state index contributed by atoms with van der Waals surface area (Å²) in [6.07, 6.45) is 6.92. The Morgan fingerprint density at radius 3 is 2.55 bits per heavy atom. The van der Waals surface area contributed by atoms with Crippen molar-refractivity contribution in [2.24, 2.45) is 0 Å². The maximum Gasteiger partial charge on any atom is 0.0835 e. The normalized spacial score (nSPS) is 17.2. The standard InChI is InChI=1S/C18H18N2/c1-18(13-19,11-14-3-2-10-20-12-14)17-8-6-16(7-9-17)15-4-5-15/h2-3,6-10,12,15H,4-5,11H2,1H3. The molecule has 1 heterocycles. The first-order chi connectivity index (χ1) is 9.71. The molecule has 1 aromatic carbocycles. The van der Waals surface area contributed by atoms with Crippen molar-refractivity contribution in [2.75, 3.05) is 0 Å². The van der Waals surface area contributed by atoms with Gasteiger partial charge in [-0.3, -0.25) is 4.98 Å². The van der Waals surface area contributed by atoms with Gasteiger partial charge >= 0.3 is 0 Å². The van der Waals surface area contributed by atoms with Gasteiger partial charge in [-0.25, -0.2) is 0 Å². The van der Waals surface area contributed by atoms with Gasteiger partial charge < -0.3 is 0 Å². The van der Waals surface area contributed by atoms with Crippen LogP contribution in [0.15, 0.2) is 48.8 Å². The largest absolute Gasteiger partial charge is 0.264 e. The van der Waals surface area contributed by atoms with Crippen LogP contribution in [0.25, 0.3) is 0 Å². The Hall–Kier alpha value is -2.14. The van der Waals surface area contributed by atoms with E-state index in [1.165, 1.54) is 18.4 Å². The van der Waals surface area contributed by atoms with Gasteiger partial charge in [0.05, 0.1) is 11.5 Å². The molecule has 0 bridgehead atoms. The van der Waals surface area contributed by atoms with Gasteiger partial charge in [0.25, 0.3) is 0 Å². The Balaban J connectivity index is 1.85. The molecule has 1 atom stereocenters. The van der Waals surface area contributed by atoms with Crippen LogP contribution >= 0.6 is 0 Å². The highest BCUT2D eigenvalue weighted by atomic mass is 14.6. The summed E-state index contributed by atoms with van der Waals surface area (Å²) in [6.45, 7) is 2.01. The monoisotopic (exact) mass is 262 g/mol. The summed E-state index contributed by atoms with van der Waals surface area (Å²) in [6, 6.07) is 15.0. The molecule has 0 N–H and O–H groups in total. The lowest BCUT2D eigenvalue weighted by molar-refractivity contribution is 0.605. The third-order valence-corrected chi connectivity index (χ3v) is 4.12. The summed E-state index contributed by atoms with van der Waals surface area (Å²) < 4.78 is 0. The molecule has 1 fully saturated rings. The molecule has 1 saturated carbocycles. The van der Waals surface area contributed by atoms with Crippen molar-refractivity contribution >= 4 is 0 Å². The van der Waals surface area contributed by atoms with Gasteiger partial charge in [0.15, 0.2) is 0 Å². The quantitative estimate of drug-likeness (QED) is 0.835. The van der Waals surface area contributed by atoms with E-state index in [9.17, 15) is 5.26 Å². The van der Waals surface area contributed by atoms with Gasteiger partial charge in [-0.2, -0.15) is 5.26 Å². The molecule has 0 amide bonds. The number of rotatable bonds is 4. The molecule has 0 radical (unpaired) electrons. The molecule has 100 valence electrons. The highest BCUT2D eigenvalue weighted by molar-refractivity contribution is 5.37. The Labute approximate surface area is 120 Å². The van der Waals surface area contributed by atoms with E-state index in [4.69, 9.17) is 0 Å². The number of nitrogens with zero attached hydrogens (tertiary/aromatic N) is 2. The molecule has 1 aliphatic rings. The maximum absolute atomic E-state index is 9.62. The SMILES string of the molecule is CC(C#N)(Cc1cccnc1)c1ccc(C2CC2)cc1. The van der Waals surface area contributed by atoms with Gasteiger partial charge in [0, 0.05) is 12.4 Å². The smallest absolute Gasteiger partial charge is 0.0835 e. The van der Waals surface area contributed by atoms with Crippen LogP contribution in [0.2, 0.25) is 0 Å². The second kappa shape index (κ2) is 5.09. The lowest BCUT2D eigenvalue weighted by Gasteiger charge is -2.22. The topological polar surface area (TPSA) is 36.7 Å². The fourth-order valence-corrected chi connectivity index (χ4v) is 2.66. The summed E-state index contributed by atoms with van der Waals surface area (Å²) in [4.78, 5) is 4.13. The van der Waals surface area contributed by atoms with E-state index in [1.54, 1.807) is 6.20 Å². The summed E-state index contributed by atoms with van der Waals surface area (Å²) in [5, 5.41) is 9.62. The van der Waals surface area contributed by atoms with Gasteiger partial charge in [-0.15, -0.1) is 0 Å². The zero-order valence-electron chi connectivity index (χ0n) is 11.7. The first kappa shape index (κ1) is 12.9. The molecule has 20 heavy (non-hydrogen) atoms. The lowest BCUT2D eigenvalue weighted by Crippen LogP contribution is -2.22. The van der Waals surface area contributed by atoms with Crippen molar-refractivity contribution in [3.05, 3.63) is 65.5 Å². The average Bonchev–Trinajstić information content (AvgIpc) is 3.33. The van der Waals surface area contributed by atoms with E-state index in [0.29, 0.717) is 6.42 Å². The van der Waals surface area contributed by atoms with Crippen LogP contribution in [-0.4, -0.2) is 4.98 Å². The van der Waals surface area contributed by atoms with Crippen LogP contribution in [0, 0.1) is 11.3 Å². The number of pyridine rings is 1. The molecule has 2 nitrogen and oxygen atoms in total. The van der Waals surface area contributed by atoms with E-state index in [-0.39, 0.29) is 0 Å². The Morgan fingerprint density at radius 1 is 1.25 bits per heavy atom. The minimum atomic E-state index is -0.495. The Bertz CT molecular complexity index is 621. The summed E-state index contributed by atoms with van der Waals surface area (Å²) in [5.41, 5.74) is 3.11. The van der Waals surface area contributed by atoms with Crippen molar-refractivity contribution in [2.45, 2.75) is 37.5 Å². The molecule has 0 saturated heterocycles. The van der Waals surface area contributed by atoms with Crippen LogP contribution < -0.4 is 0 Å². The van der Waals surface area contributed by atoms with Gasteiger partial charge in [0.1, 0.15) is 0 Å². The lowest BCUT2D eigenvalue weighted by atomic mass is 9.78. The molecule has 1 aromatic heterocycles. The number of hydrogen-bond acceptors (Lipinski definition) is 2. The van der Waals surface area contributed by atoms with Crippen molar-refractivity contribution in [1.29, 1.82) is 5.26 Å². The van der Waals surface area contributed by atoms with Crippen LogP contribution in [0.5, 0.6) is 0 Å². The fraction of sp³-hybridized carbons (Fsp3) is 0.333. The molecular weight excluding hydrogens is 244 g/mol. The number of benzene rings is 1. The Kier molecular flexibility index (Phi) is 3.28. The van der Waals surface area contributed by atoms with Gasteiger partial charge in [-0.05, 0) is 54.9 Å².